The summed E-state index contributed by atoms with van der Waals surface area (Å²) in [5.41, 5.74) is 0.496. The Morgan fingerprint density at radius 3 is 2.41 bits per heavy atom. The fraction of sp³-hybridized carbons (Fsp3) is 0.0500. The molecule has 0 aliphatic rings. The Morgan fingerprint density at radius 1 is 0.926 bits per heavy atom. The summed E-state index contributed by atoms with van der Waals surface area (Å²) >= 11 is 6.02. The first-order valence-electron chi connectivity index (χ1n) is 7.90. The Bertz CT molecular complexity index is 936. The van der Waals surface area contributed by atoms with Crippen molar-refractivity contribution >= 4 is 23.2 Å². The van der Waals surface area contributed by atoms with Crippen LogP contribution in [0.1, 0.15) is 10.4 Å². The van der Waals surface area contributed by atoms with Crippen molar-refractivity contribution < 1.29 is 23.0 Å². The van der Waals surface area contributed by atoms with E-state index in [9.17, 15) is 13.6 Å². The molecule has 27 heavy (non-hydrogen) atoms. The lowest BCUT2D eigenvalue weighted by molar-refractivity contribution is -0.0498. The maximum atomic E-state index is 12.5. The van der Waals surface area contributed by atoms with E-state index < -0.39 is 12.5 Å². The van der Waals surface area contributed by atoms with Gasteiger partial charge in [0, 0.05) is 10.6 Å². The van der Waals surface area contributed by atoms with Crippen molar-refractivity contribution in [3.63, 3.8) is 0 Å². The van der Waals surface area contributed by atoms with Gasteiger partial charge in [-0.05, 0) is 48.5 Å². The van der Waals surface area contributed by atoms with Gasteiger partial charge in [-0.1, -0.05) is 35.9 Å². The summed E-state index contributed by atoms with van der Waals surface area (Å²) in [5, 5.41) is 3.08. The highest BCUT2D eigenvalue weighted by atomic mass is 35.5. The number of amides is 1. The first-order chi connectivity index (χ1) is 13.0. The van der Waals surface area contributed by atoms with E-state index in [4.69, 9.17) is 16.3 Å². The van der Waals surface area contributed by atoms with Crippen LogP contribution in [0.2, 0.25) is 5.02 Å². The number of halogens is 3. The van der Waals surface area contributed by atoms with Crippen LogP contribution in [0.25, 0.3) is 0 Å². The Kier molecular flexibility index (Phi) is 5.88. The number of carbonyl (C=O) groups is 1. The molecule has 0 radical (unpaired) electrons. The third kappa shape index (κ3) is 5.18. The van der Waals surface area contributed by atoms with Gasteiger partial charge in [0.1, 0.15) is 11.5 Å². The highest BCUT2D eigenvalue weighted by Gasteiger charge is 2.13. The van der Waals surface area contributed by atoms with Crippen LogP contribution in [-0.2, 0) is 0 Å². The van der Waals surface area contributed by atoms with Crippen LogP contribution < -0.4 is 14.8 Å². The molecule has 0 spiro atoms. The smallest absolute Gasteiger partial charge is 0.387 e. The fourth-order valence-corrected chi connectivity index (χ4v) is 2.48. The molecule has 0 bridgehead atoms. The average Bonchev–Trinajstić information content (AvgIpc) is 2.64. The summed E-state index contributed by atoms with van der Waals surface area (Å²) in [4.78, 5) is 12.5. The molecule has 0 heterocycles. The van der Waals surface area contributed by atoms with E-state index >= 15 is 0 Å². The summed E-state index contributed by atoms with van der Waals surface area (Å²) in [6, 6.07) is 19.3. The molecular weight excluding hydrogens is 376 g/mol. The molecule has 138 valence electrons. The Balaban J connectivity index is 1.82. The van der Waals surface area contributed by atoms with E-state index in [0.717, 1.165) is 0 Å². The molecule has 0 saturated carbocycles. The highest BCUT2D eigenvalue weighted by molar-refractivity contribution is 6.31. The second kappa shape index (κ2) is 8.51. The van der Waals surface area contributed by atoms with Crippen LogP contribution in [0.4, 0.5) is 14.5 Å². The molecule has 0 aliphatic carbocycles. The molecule has 0 aliphatic heterocycles. The van der Waals surface area contributed by atoms with Crippen LogP contribution >= 0.6 is 11.6 Å². The van der Waals surface area contributed by atoms with Crippen molar-refractivity contribution in [1.29, 1.82) is 0 Å². The van der Waals surface area contributed by atoms with E-state index in [0.29, 0.717) is 22.2 Å². The number of para-hydroxylation sites is 1. The van der Waals surface area contributed by atoms with Crippen molar-refractivity contribution in [1.82, 2.24) is 0 Å². The molecule has 7 heteroatoms. The van der Waals surface area contributed by atoms with E-state index in [1.54, 1.807) is 24.3 Å². The Labute approximate surface area is 159 Å². The summed E-state index contributed by atoms with van der Waals surface area (Å²) < 4.78 is 34.8. The van der Waals surface area contributed by atoms with Gasteiger partial charge in [0.25, 0.3) is 5.91 Å². The SMILES string of the molecule is O=C(Nc1cc(Cl)ccc1Oc1ccccc1)c1cccc(OC(F)F)c1. The molecule has 0 saturated heterocycles. The van der Waals surface area contributed by atoms with Gasteiger partial charge in [0.05, 0.1) is 5.69 Å². The zero-order valence-electron chi connectivity index (χ0n) is 13.9. The van der Waals surface area contributed by atoms with Crippen LogP contribution in [0.15, 0.2) is 72.8 Å². The minimum absolute atomic E-state index is 0.107. The summed E-state index contributed by atoms with van der Waals surface area (Å²) in [6.07, 6.45) is 0. The van der Waals surface area contributed by atoms with Crippen molar-refractivity contribution in [2.24, 2.45) is 0 Å². The molecule has 1 N–H and O–H groups in total. The van der Waals surface area contributed by atoms with Crippen LogP contribution in [-0.4, -0.2) is 12.5 Å². The van der Waals surface area contributed by atoms with Gasteiger partial charge >= 0.3 is 6.61 Å². The van der Waals surface area contributed by atoms with Gasteiger partial charge in [-0.25, -0.2) is 0 Å². The Hall–Kier alpha value is -3.12. The van der Waals surface area contributed by atoms with Crippen molar-refractivity contribution in [2.45, 2.75) is 6.61 Å². The van der Waals surface area contributed by atoms with Gasteiger partial charge in [-0.2, -0.15) is 8.78 Å². The summed E-state index contributed by atoms with van der Waals surface area (Å²) in [6.45, 7) is -2.97. The maximum absolute atomic E-state index is 12.5. The van der Waals surface area contributed by atoms with E-state index in [-0.39, 0.29) is 11.3 Å². The summed E-state index contributed by atoms with van der Waals surface area (Å²) in [5.74, 6) is 0.348. The van der Waals surface area contributed by atoms with Crippen molar-refractivity contribution in [3.8, 4) is 17.2 Å². The lowest BCUT2D eigenvalue weighted by Crippen LogP contribution is -2.13. The molecule has 0 atom stereocenters. The number of ether oxygens (including phenoxy) is 2. The van der Waals surface area contributed by atoms with Crippen molar-refractivity contribution in [3.05, 3.63) is 83.4 Å². The number of hydrogen-bond donors (Lipinski definition) is 1. The molecule has 0 unspecified atom stereocenters. The monoisotopic (exact) mass is 389 g/mol. The van der Waals surface area contributed by atoms with Crippen LogP contribution in [0, 0.1) is 0 Å². The van der Waals surface area contributed by atoms with Gasteiger partial charge in [-0.15, -0.1) is 0 Å². The van der Waals surface area contributed by atoms with Crippen LogP contribution in [0.5, 0.6) is 17.2 Å². The first kappa shape index (κ1) is 18.7. The number of alkyl halides is 2. The standard InChI is InChI=1S/C20H14ClF2NO3/c21-14-9-10-18(26-15-6-2-1-3-7-15)17(12-14)24-19(25)13-5-4-8-16(11-13)27-20(22)23/h1-12,20H,(H,24,25). The van der Waals surface area contributed by atoms with Gasteiger partial charge in [-0.3, -0.25) is 4.79 Å². The first-order valence-corrected chi connectivity index (χ1v) is 8.28. The molecule has 3 rings (SSSR count). The van der Waals surface area contributed by atoms with Crippen LogP contribution in [0.3, 0.4) is 0 Å². The molecule has 0 aromatic heterocycles. The van der Waals surface area contributed by atoms with Gasteiger partial charge in [0.2, 0.25) is 0 Å². The third-order valence-corrected chi connectivity index (χ3v) is 3.72. The van der Waals surface area contributed by atoms with E-state index in [1.807, 2.05) is 18.2 Å². The maximum Gasteiger partial charge on any atom is 0.387 e. The molecule has 3 aromatic rings. The number of carbonyl (C=O) groups excluding carboxylic acids is 1. The van der Waals surface area contributed by atoms with Gasteiger partial charge in [0.15, 0.2) is 5.75 Å². The zero-order chi connectivity index (χ0) is 19.2. The second-order valence-electron chi connectivity index (χ2n) is 5.42. The highest BCUT2D eigenvalue weighted by Crippen LogP contribution is 2.32. The minimum atomic E-state index is -2.97. The molecule has 0 fully saturated rings. The van der Waals surface area contributed by atoms with Crippen molar-refractivity contribution in [2.75, 3.05) is 5.32 Å². The van der Waals surface area contributed by atoms with E-state index in [2.05, 4.69) is 10.1 Å². The number of hydrogen-bond acceptors (Lipinski definition) is 3. The average molecular weight is 390 g/mol. The number of anilines is 1. The predicted molar refractivity (Wildman–Crippen MR) is 99.0 cm³/mol. The number of benzene rings is 3. The largest absolute Gasteiger partial charge is 0.455 e. The molecule has 3 aromatic carbocycles. The predicted octanol–water partition coefficient (Wildman–Crippen LogP) is 5.99. The topological polar surface area (TPSA) is 47.6 Å². The molecular formula is C20H14ClF2NO3. The third-order valence-electron chi connectivity index (χ3n) is 3.48. The van der Waals surface area contributed by atoms with Gasteiger partial charge < -0.3 is 14.8 Å². The summed E-state index contributed by atoms with van der Waals surface area (Å²) in [7, 11) is 0. The zero-order valence-corrected chi connectivity index (χ0v) is 14.6. The van der Waals surface area contributed by atoms with E-state index in [1.165, 1.54) is 30.3 Å². The minimum Gasteiger partial charge on any atom is -0.455 e. The normalized spacial score (nSPS) is 10.5. The quantitative estimate of drug-likeness (QED) is 0.563. The fourth-order valence-electron chi connectivity index (χ4n) is 2.31. The molecule has 4 nitrogen and oxygen atoms in total. The lowest BCUT2D eigenvalue weighted by atomic mass is 10.2. The Morgan fingerprint density at radius 2 is 1.67 bits per heavy atom. The number of nitrogens with one attached hydrogen (secondary N) is 1. The second-order valence-corrected chi connectivity index (χ2v) is 5.85. The number of rotatable bonds is 6. The molecule has 1 amide bonds. The lowest BCUT2D eigenvalue weighted by Gasteiger charge is -2.13.